The van der Waals surface area contributed by atoms with E-state index in [-0.39, 0.29) is 33.7 Å². The van der Waals surface area contributed by atoms with Gasteiger partial charge in [0.1, 0.15) is 11.3 Å². The van der Waals surface area contributed by atoms with Gasteiger partial charge < -0.3 is 11.1 Å². The Morgan fingerprint density at radius 1 is 0.974 bits per heavy atom. The average molecular weight is 536 g/mol. The van der Waals surface area contributed by atoms with Crippen LogP contribution in [0.1, 0.15) is 32.2 Å². The molecule has 3 aromatic heterocycles. The number of rotatable bonds is 5. The number of primary amides is 1. The number of alkyl halides is 3. The van der Waals surface area contributed by atoms with Crippen LogP contribution in [0.2, 0.25) is 0 Å². The monoisotopic (exact) mass is 536 g/mol. The van der Waals surface area contributed by atoms with Crippen molar-refractivity contribution >= 4 is 23.0 Å². The Hall–Kier alpha value is -5.27. The van der Waals surface area contributed by atoms with Crippen molar-refractivity contribution in [2.75, 3.05) is 5.32 Å². The van der Waals surface area contributed by atoms with Crippen LogP contribution in [0.5, 0.6) is 0 Å². The highest BCUT2D eigenvalue weighted by atomic mass is 19.4. The van der Waals surface area contributed by atoms with Gasteiger partial charge in [0.25, 0.3) is 5.91 Å². The molecule has 0 aliphatic heterocycles. The molecule has 14 heteroatoms. The Morgan fingerprint density at radius 3 is 2.31 bits per heavy atom. The lowest BCUT2D eigenvalue weighted by atomic mass is 10.1. The van der Waals surface area contributed by atoms with Crippen molar-refractivity contribution in [3.8, 4) is 16.9 Å². The largest absolute Gasteiger partial charge is 0.435 e. The van der Waals surface area contributed by atoms with Crippen molar-refractivity contribution < 1.29 is 22.8 Å². The number of amides is 2. The van der Waals surface area contributed by atoms with Crippen molar-refractivity contribution in [2.24, 2.45) is 12.8 Å². The van der Waals surface area contributed by atoms with Crippen LogP contribution < -0.4 is 16.7 Å². The molecule has 198 valence electrons. The van der Waals surface area contributed by atoms with Crippen molar-refractivity contribution in [1.29, 1.82) is 0 Å². The number of carbonyl (C=O) groups excluding carboxylic acids is 2. The van der Waals surface area contributed by atoms with Gasteiger partial charge in [-0.05, 0) is 49.4 Å². The van der Waals surface area contributed by atoms with E-state index in [9.17, 15) is 27.6 Å². The fourth-order valence-electron chi connectivity index (χ4n) is 4.05. The van der Waals surface area contributed by atoms with Crippen LogP contribution in [0.25, 0.3) is 22.5 Å². The van der Waals surface area contributed by atoms with E-state index < -0.39 is 23.7 Å². The third-order valence-corrected chi connectivity index (χ3v) is 5.90. The van der Waals surface area contributed by atoms with E-state index in [1.54, 1.807) is 31.2 Å². The molecule has 0 bridgehead atoms. The molecule has 0 fully saturated rings. The maximum absolute atomic E-state index is 13.6. The lowest BCUT2D eigenvalue weighted by Crippen LogP contribution is -2.21. The quantitative estimate of drug-likeness (QED) is 0.354. The zero-order chi connectivity index (χ0) is 28.1. The Morgan fingerprint density at radius 2 is 1.69 bits per heavy atom. The lowest BCUT2D eigenvalue weighted by Gasteiger charge is -2.10. The number of nitrogens with two attached hydrogens (primary N) is 1. The van der Waals surface area contributed by atoms with Gasteiger partial charge in [0.2, 0.25) is 5.91 Å². The maximum atomic E-state index is 13.6. The van der Waals surface area contributed by atoms with E-state index >= 15 is 0 Å². The number of carbonyl (C=O) groups is 2. The van der Waals surface area contributed by atoms with Crippen LogP contribution in [0.3, 0.4) is 0 Å². The molecule has 11 nitrogen and oxygen atoms in total. The number of hydrogen-bond donors (Lipinski definition) is 2. The minimum atomic E-state index is -4.85. The SMILES string of the molecule is Cc1nn(C)c(=O)n1-c1ccc(-c2cc3c(C(=O)Nc4cccc(C(N)=O)c4)cc(C(F)(F)F)nn3n2)cc1. The number of aromatic nitrogens is 6. The van der Waals surface area contributed by atoms with E-state index in [1.807, 2.05) is 0 Å². The first kappa shape index (κ1) is 25.4. The summed E-state index contributed by atoms with van der Waals surface area (Å²) in [5.74, 6) is -1.13. The van der Waals surface area contributed by atoms with Gasteiger partial charge in [-0.2, -0.15) is 18.3 Å². The van der Waals surface area contributed by atoms with E-state index in [0.29, 0.717) is 23.1 Å². The molecule has 0 saturated carbocycles. The highest BCUT2D eigenvalue weighted by molar-refractivity contribution is 6.09. The molecule has 0 aliphatic carbocycles. The molecule has 5 rings (SSSR count). The van der Waals surface area contributed by atoms with Crippen molar-refractivity contribution in [2.45, 2.75) is 13.1 Å². The van der Waals surface area contributed by atoms with Crippen molar-refractivity contribution in [1.82, 2.24) is 29.2 Å². The molecule has 0 radical (unpaired) electrons. The molecule has 3 N–H and O–H groups in total. The number of halogens is 3. The fraction of sp³-hybridized carbons (Fsp3) is 0.120. The molecule has 2 amide bonds. The van der Waals surface area contributed by atoms with Crippen LogP contribution in [0.15, 0.2) is 65.5 Å². The summed E-state index contributed by atoms with van der Waals surface area (Å²) in [5, 5.41) is 14.3. The molecule has 0 aliphatic rings. The first-order chi connectivity index (χ1) is 18.4. The van der Waals surface area contributed by atoms with Gasteiger partial charge in [0.15, 0.2) is 5.69 Å². The van der Waals surface area contributed by atoms with E-state index in [2.05, 4.69) is 20.6 Å². The van der Waals surface area contributed by atoms with Gasteiger partial charge in [-0.3, -0.25) is 9.59 Å². The number of aryl methyl sites for hydroxylation is 2. The summed E-state index contributed by atoms with van der Waals surface area (Å²) >= 11 is 0. The van der Waals surface area contributed by atoms with Crippen LogP contribution >= 0.6 is 0 Å². The van der Waals surface area contributed by atoms with Gasteiger partial charge in [-0.1, -0.05) is 18.2 Å². The summed E-state index contributed by atoms with van der Waals surface area (Å²) in [6, 6.07) is 14.3. The number of nitrogens with one attached hydrogen (secondary N) is 1. The molecule has 39 heavy (non-hydrogen) atoms. The summed E-state index contributed by atoms with van der Waals surface area (Å²) in [4.78, 5) is 36.9. The normalized spacial score (nSPS) is 11.6. The van der Waals surface area contributed by atoms with Gasteiger partial charge in [0.05, 0.1) is 16.9 Å². The summed E-state index contributed by atoms with van der Waals surface area (Å²) < 4.78 is 44.2. The predicted octanol–water partition coefficient (Wildman–Crippen LogP) is 2.96. The lowest BCUT2D eigenvalue weighted by molar-refractivity contribution is -0.142. The Labute approximate surface area is 217 Å². The number of nitrogens with zero attached hydrogens (tertiary/aromatic N) is 6. The zero-order valence-corrected chi connectivity index (χ0v) is 20.4. The zero-order valence-electron chi connectivity index (χ0n) is 20.4. The second-order valence-corrected chi connectivity index (χ2v) is 8.58. The smallest absolute Gasteiger partial charge is 0.366 e. The second-order valence-electron chi connectivity index (χ2n) is 8.58. The third kappa shape index (κ3) is 4.74. The number of fused-ring (bicyclic) bond motifs is 1. The van der Waals surface area contributed by atoms with Gasteiger partial charge >= 0.3 is 11.9 Å². The summed E-state index contributed by atoms with van der Waals surface area (Å²) in [6.45, 7) is 1.68. The summed E-state index contributed by atoms with van der Waals surface area (Å²) in [5.41, 5.74) is 4.85. The van der Waals surface area contributed by atoms with Crippen molar-refractivity contribution in [3.63, 3.8) is 0 Å². The molecule has 5 aromatic rings. The van der Waals surface area contributed by atoms with Crippen molar-refractivity contribution in [3.05, 3.63) is 93.8 Å². The third-order valence-electron chi connectivity index (χ3n) is 5.90. The molecule has 2 aromatic carbocycles. The Balaban J connectivity index is 1.56. The minimum absolute atomic E-state index is 0.0185. The molecule has 0 saturated heterocycles. The van der Waals surface area contributed by atoms with Gasteiger partial charge in [0, 0.05) is 23.9 Å². The number of benzene rings is 2. The molecule has 3 heterocycles. The molecular formula is C25H19F3N8O3. The van der Waals surface area contributed by atoms with E-state index in [1.165, 1.54) is 46.6 Å². The highest BCUT2D eigenvalue weighted by Crippen LogP contribution is 2.30. The van der Waals surface area contributed by atoms with Crippen LogP contribution in [0.4, 0.5) is 18.9 Å². The summed E-state index contributed by atoms with van der Waals surface area (Å²) in [6.07, 6.45) is -4.85. The maximum Gasteiger partial charge on any atom is 0.435 e. The average Bonchev–Trinajstić information content (AvgIpc) is 3.43. The molecule has 0 unspecified atom stereocenters. The van der Waals surface area contributed by atoms with Crippen LogP contribution in [-0.4, -0.2) is 41.0 Å². The number of hydrogen-bond acceptors (Lipinski definition) is 6. The first-order valence-corrected chi connectivity index (χ1v) is 11.4. The van der Waals surface area contributed by atoms with Gasteiger partial charge in [-0.15, -0.1) is 14.8 Å². The summed E-state index contributed by atoms with van der Waals surface area (Å²) in [7, 11) is 1.53. The Kier molecular flexibility index (Phi) is 6.01. The first-order valence-electron chi connectivity index (χ1n) is 11.4. The fourth-order valence-corrected chi connectivity index (χ4v) is 4.05. The van der Waals surface area contributed by atoms with Crippen LogP contribution in [-0.2, 0) is 13.2 Å². The second kappa shape index (κ2) is 9.24. The molecular weight excluding hydrogens is 517 g/mol. The van der Waals surface area contributed by atoms with E-state index in [4.69, 9.17) is 5.73 Å². The van der Waals surface area contributed by atoms with E-state index in [0.717, 1.165) is 4.63 Å². The molecule has 0 atom stereocenters. The minimum Gasteiger partial charge on any atom is -0.366 e. The molecule has 0 spiro atoms. The van der Waals surface area contributed by atoms with Gasteiger partial charge in [-0.25, -0.2) is 14.0 Å². The highest BCUT2D eigenvalue weighted by Gasteiger charge is 2.35. The standard InChI is InChI=1S/C25H19F3N8O3/c1-13-31-34(2)24(39)35(13)17-8-6-14(7-9-17)19-12-20-18(11-21(25(26,27)28)33-36(20)32-19)23(38)30-16-5-3-4-15(10-16)22(29)37/h3-12H,1-2H3,(H2,29,37)(H,30,38). The Bertz CT molecular complexity index is 1820. The topological polar surface area (TPSA) is 142 Å². The predicted molar refractivity (Wildman–Crippen MR) is 133 cm³/mol. The van der Waals surface area contributed by atoms with Crippen LogP contribution in [0, 0.1) is 6.92 Å². The number of anilines is 1.